The van der Waals surface area contributed by atoms with E-state index in [1.807, 2.05) is 12.1 Å². The predicted molar refractivity (Wildman–Crippen MR) is 233 cm³/mol. The van der Waals surface area contributed by atoms with E-state index in [1.165, 1.54) is 49.7 Å². The summed E-state index contributed by atoms with van der Waals surface area (Å²) >= 11 is 0. The molecule has 0 saturated carbocycles. The van der Waals surface area contributed by atoms with E-state index < -0.39 is 12.2 Å². The summed E-state index contributed by atoms with van der Waals surface area (Å²) in [5.74, 6) is 0.242. The molecule has 2 heterocycles. The fourth-order valence-electron chi connectivity index (χ4n) is 6.19. The predicted octanol–water partition coefficient (Wildman–Crippen LogP) is 7.34. The van der Waals surface area contributed by atoms with Crippen LogP contribution in [0.4, 0.5) is 0 Å². The number of aliphatic imine (C=N–C) groups is 2. The van der Waals surface area contributed by atoms with Gasteiger partial charge in [0.1, 0.15) is 0 Å². The van der Waals surface area contributed by atoms with Crippen LogP contribution in [0, 0.1) is 0 Å². The van der Waals surface area contributed by atoms with Gasteiger partial charge < -0.3 is 31.1 Å². The molecule has 0 radical (unpaired) electrons. The Morgan fingerprint density at radius 2 is 0.860 bits per heavy atom. The van der Waals surface area contributed by atoms with Gasteiger partial charge in [-0.3, -0.25) is 9.98 Å². The molecule has 2 aliphatic heterocycles. The van der Waals surface area contributed by atoms with E-state index in [1.54, 1.807) is 40.1 Å². The first-order valence-electron chi connectivity index (χ1n) is 21.1. The minimum atomic E-state index is -0.417. The fourth-order valence-corrected chi connectivity index (χ4v) is 6.19. The number of hydrogen-bond acceptors (Lipinski definition) is 8. The van der Waals surface area contributed by atoms with E-state index in [-0.39, 0.29) is 59.4 Å². The van der Waals surface area contributed by atoms with Gasteiger partial charge in [-0.1, -0.05) is 159 Å². The van der Waals surface area contributed by atoms with Crippen LogP contribution in [0.15, 0.2) is 34.3 Å². The molecule has 320 valence electrons. The van der Waals surface area contributed by atoms with E-state index in [9.17, 15) is 20.4 Å². The van der Waals surface area contributed by atoms with E-state index in [2.05, 4.69) is 116 Å². The van der Waals surface area contributed by atoms with Crippen molar-refractivity contribution < 1.29 is 46.6 Å². The van der Waals surface area contributed by atoms with Crippen LogP contribution in [0.2, 0.25) is 0 Å². The third-order valence-corrected chi connectivity index (χ3v) is 9.52. The second-order valence-electron chi connectivity index (χ2n) is 20.3. The van der Waals surface area contributed by atoms with Gasteiger partial charge in [0.15, 0.2) is 0 Å². The molecule has 2 atom stereocenters. The first kappa shape index (κ1) is 55.1. The average Bonchev–Trinajstić information content (AvgIpc) is 3.05. The number of benzene rings is 2. The molecule has 2 N–H and O–H groups in total. The normalized spacial score (nSPS) is 18.0. The molecule has 0 bridgehead atoms. The zero-order valence-electron chi connectivity index (χ0n) is 38.9. The Bertz CT molecular complexity index is 1380. The van der Waals surface area contributed by atoms with E-state index in [0.717, 1.165) is 48.4 Å². The number of piperidine rings is 2. The smallest absolute Gasteiger partial charge is 0.872 e. The summed E-state index contributed by atoms with van der Waals surface area (Å²) in [6.45, 7) is 35.8. The summed E-state index contributed by atoms with van der Waals surface area (Å²) < 4.78 is 0. The second-order valence-corrected chi connectivity index (χ2v) is 20.3. The van der Waals surface area contributed by atoms with Crippen molar-refractivity contribution >= 4 is 12.4 Å². The zero-order valence-corrected chi connectivity index (χ0v) is 41.3. The van der Waals surface area contributed by atoms with Gasteiger partial charge in [0.2, 0.25) is 0 Å². The summed E-state index contributed by atoms with van der Waals surface area (Å²) in [7, 11) is 0. The molecule has 9 heteroatoms. The first-order valence-corrected chi connectivity index (χ1v) is 21.1. The number of nitrogens with zero attached hydrogens (tertiary/aromatic N) is 2. The van der Waals surface area contributed by atoms with E-state index in [4.69, 9.17) is 0 Å². The molecule has 8 nitrogen and oxygen atoms in total. The standard InChI is InChI=1S/2C21H34N2O.2C3H7O.Zr/c2*1-20(2,3)16-11-15(19(24)18(12-16)21(4,5)6)13-22-14-17-9-7-8-10-23-17;2*1-3(2)4;/h2*11-13,17,23-24H,7-10,14H2,1-6H3;2*3H,1-2H3;/q;;2*-1;+4/p-2/t2*17-;;;/m11.../s1. The van der Waals surface area contributed by atoms with Gasteiger partial charge >= 0.3 is 26.2 Å². The topological polar surface area (TPSA) is 141 Å². The Labute approximate surface area is 368 Å². The van der Waals surface area contributed by atoms with E-state index in [0.29, 0.717) is 12.1 Å². The molecule has 2 aromatic rings. The Hall–Kier alpha value is -1.90. The Morgan fingerprint density at radius 3 is 1.09 bits per heavy atom. The van der Waals surface area contributed by atoms with Gasteiger partial charge in [0.05, 0.1) is 13.1 Å². The minimum Gasteiger partial charge on any atom is -0.872 e. The molecule has 2 aromatic carbocycles. The average molecular weight is 868 g/mol. The van der Waals surface area contributed by atoms with E-state index >= 15 is 0 Å². The molecule has 2 saturated heterocycles. The molecular weight excluding hydrogens is 788 g/mol. The first-order chi connectivity index (χ1) is 25.6. The van der Waals surface area contributed by atoms with Crippen LogP contribution in [-0.4, -0.2) is 62.9 Å². The van der Waals surface area contributed by atoms with Crippen molar-refractivity contribution in [2.24, 2.45) is 9.98 Å². The minimum absolute atomic E-state index is 0. The SMILES string of the molecule is CC(C)(C)c1cc(C=NC[C@H]2CCCCN2)c([O-])c(C(C)(C)C)c1.CC(C)(C)c1cc(C=NC[C@H]2CCCCN2)c([O-])c(C(C)(C)C)c1.CC(C)[O-].CC(C)[O-].[Zr+4]. The van der Waals surface area contributed by atoms with Crippen LogP contribution in [0.5, 0.6) is 11.5 Å². The van der Waals surface area contributed by atoms with Crippen molar-refractivity contribution in [2.75, 3.05) is 26.2 Å². The van der Waals surface area contributed by atoms with Gasteiger partial charge in [-0.05, 0) is 93.8 Å². The summed E-state index contributed by atoms with van der Waals surface area (Å²) in [4.78, 5) is 9.17. The van der Waals surface area contributed by atoms with Crippen molar-refractivity contribution in [3.05, 3.63) is 57.6 Å². The zero-order chi connectivity index (χ0) is 43.1. The monoisotopic (exact) mass is 867 g/mol. The van der Waals surface area contributed by atoms with Crippen molar-refractivity contribution in [3.8, 4) is 11.5 Å². The molecule has 57 heavy (non-hydrogen) atoms. The van der Waals surface area contributed by atoms with Gasteiger partial charge in [0.25, 0.3) is 0 Å². The van der Waals surface area contributed by atoms with Crippen LogP contribution in [-0.2, 0) is 47.9 Å². The van der Waals surface area contributed by atoms with Gasteiger partial charge in [-0.25, -0.2) is 0 Å². The molecular formula is C48H80N4O4Zr. The van der Waals surface area contributed by atoms with Crippen molar-refractivity contribution in [3.63, 3.8) is 0 Å². The summed E-state index contributed by atoms with van der Waals surface area (Å²) in [5, 5.41) is 51.8. The molecule has 4 rings (SSSR count). The summed E-state index contributed by atoms with van der Waals surface area (Å²) in [6.07, 6.45) is 10.2. The molecule has 0 amide bonds. The Balaban J connectivity index is 0.000000912. The van der Waals surface area contributed by atoms with Crippen LogP contribution in [0.25, 0.3) is 0 Å². The molecule has 0 aromatic heterocycles. The van der Waals surface area contributed by atoms with Crippen molar-refractivity contribution in [1.82, 2.24) is 10.6 Å². The maximum atomic E-state index is 12.9. The molecule has 2 fully saturated rings. The maximum absolute atomic E-state index is 12.9. The largest absolute Gasteiger partial charge is 4.00 e. The maximum Gasteiger partial charge on any atom is 4.00 e. The quantitative estimate of drug-likeness (QED) is 0.292. The molecule has 2 aliphatic rings. The van der Waals surface area contributed by atoms with Crippen LogP contribution < -0.4 is 31.1 Å². The van der Waals surface area contributed by atoms with Crippen molar-refractivity contribution in [2.45, 2.75) is 195 Å². The summed E-state index contributed by atoms with van der Waals surface area (Å²) in [6, 6.07) is 9.13. The number of nitrogens with one attached hydrogen (secondary N) is 2. The molecule has 0 unspecified atom stereocenters. The van der Waals surface area contributed by atoms with Gasteiger partial charge in [0, 0.05) is 24.5 Å². The Morgan fingerprint density at radius 1 is 0.561 bits per heavy atom. The molecule has 0 spiro atoms. The van der Waals surface area contributed by atoms with Gasteiger partial charge in [-0.15, -0.1) is 12.2 Å². The van der Waals surface area contributed by atoms with Crippen molar-refractivity contribution in [1.29, 1.82) is 0 Å². The molecule has 0 aliphatic carbocycles. The number of hydrogen-bond donors (Lipinski definition) is 2. The third-order valence-electron chi connectivity index (χ3n) is 9.52. The fraction of sp³-hybridized carbons (Fsp3) is 0.708. The van der Waals surface area contributed by atoms with Crippen LogP contribution in [0.3, 0.4) is 0 Å². The number of rotatable bonds is 6. The van der Waals surface area contributed by atoms with Gasteiger partial charge in [-0.2, -0.15) is 0 Å². The van der Waals surface area contributed by atoms with Crippen LogP contribution >= 0.6 is 0 Å². The summed E-state index contributed by atoms with van der Waals surface area (Å²) in [5.41, 5.74) is 5.32. The van der Waals surface area contributed by atoms with Crippen LogP contribution in [0.1, 0.15) is 183 Å². The third kappa shape index (κ3) is 21.8. The second kappa shape index (κ2) is 25.0. The Kier molecular flexibility index (Phi) is 24.2.